The second-order valence-electron chi connectivity index (χ2n) is 5.16. The van der Waals surface area contributed by atoms with Gasteiger partial charge in [-0.15, -0.1) is 0 Å². The molecule has 0 atom stereocenters. The van der Waals surface area contributed by atoms with E-state index in [1.807, 2.05) is 43.3 Å². The SMILES string of the molecule is COc1ccc(CNC(=O)NCC#CCOc2ccc(C)nc2)cc1. The molecule has 1 aromatic carbocycles. The fraction of sp³-hybridized carbons (Fsp3) is 0.263. The molecule has 0 saturated carbocycles. The molecule has 2 aromatic rings. The number of benzene rings is 1. The Kier molecular flexibility index (Phi) is 7.13. The third-order valence-electron chi connectivity index (χ3n) is 3.27. The molecule has 0 radical (unpaired) electrons. The van der Waals surface area contributed by atoms with Crippen molar-refractivity contribution >= 4 is 6.03 Å². The van der Waals surface area contributed by atoms with Crippen LogP contribution in [-0.4, -0.2) is 31.3 Å². The molecule has 1 heterocycles. The zero-order valence-electron chi connectivity index (χ0n) is 14.3. The summed E-state index contributed by atoms with van der Waals surface area (Å²) >= 11 is 0. The zero-order valence-corrected chi connectivity index (χ0v) is 14.3. The van der Waals surface area contributed by atoms with Crippen molar-refractivity contribution in [1.82, 2.24) is 15.6 Å². The minimum Gasteiger partial charge on any atom is -0.497 e. The first-order valence-corrected chi connectivity index (χ1v) is 7.83. The lowest BCUT2D eigenvalue weighted by molar-refractivity contribution is 0.241. The highest BCUT2D eigenvalue weighted by molar-refractivity contribution is 5.74. The molecule has 0 spiro atoms. The highest BCUT2D eigenvalue weighted by Crippen LogP contribution is 2.10. The molecular formula is C19H21N3O3. The van der Waals surface area contributed by atoms with Gasteiger partial charge in [-0.05, 0) is 36.8 Å². The fourth-order valence-corrected chi connectivity index (χ4v) is 1.89. The number of nitrogens with one attached hydrogen (secondary N) is 2. The van der Waals surface area contributed by atoms with Gasteiger partial charge in [0.2, 0.25) is 0 Å². The molecule has 2 amide bonds. The number of pyridine rings is 1. The minimum absolute atomic E-state index is 0.250. The summed E-state index contributed by atoms with van der Waals surface area (Å²) in [6.07, 6.45) is 1.65. The second kappa shape index (κ2) is 9.83. The Morgan fingerprint density at radius 1 is 1.08 bits per heavy atom. The number of nitrogens with zero attached hydrogens (tertiary/aromatic N) is 1. The van der Waals surface area contributed by atoms with Crippen LogP contribution in [0.2, 0.25) is 0 Å². The summed E-state index contributed by atoms with van der Waals surface area (Å²) in [4.78, 5) is 15.8. The summed E-state index contributed by atoms with van der Waals surface area (Å²) in [6.45, 7) is 2.85. The van der Waals surface area contributed by atoms with Gasteiger partial charge in [0.1, 0.15) is 18.1 Å². The highest BCUT2D eigenvalue weighted by atomic mass is 16.5. The molecule has 130 valence electrons. The third kappa shape index (κ3) is 6.83. The van der Waals surface area contributed by atoms with Crippen LogP contribution < -0.4 is 20.1 Å². The van der Waals surface area contributed by atoms with Gasteiger partial charge in [0.05, 0.1) is 19.9 Å². The molecule has 2 rings (SSSR count). The molecule has 0 fully saturated rings. The van der Waals surface area contributed by atoms with Crippen LogP contribution in [0.4, 0.5) is 4.79 Å². The number of urea groups is 1. The molecule has 0 aliphatic rings. The Morgan fingerprint density at radius 3 is 2.52 bits per heavy atom. The lowest BCUT2D eigenvalue weighted by Gasteiger charge is -2.06. The van der Waals surface area contributed by atoms with Crippen molar-refractivity contribution in [1.29, 1.82) is 0 Å². The fourth-order valence-electron chi connectivity index (χ4n) is 1.89. The summed E-state index contributed by atoms with van der Waals surface area (Å²) < 4.78 is 10.5. The van der Waals surface area contributed by atoms with Gasteiger partial charge in [0.15, 0.2) is 0 Å². The standard InChI is InChI=1S/C19H21N3O3/c1-15-5-8-18(14-21-15)25-12-4-3-11-20-19(23)22-13-16-6-9-17(24-2)10-7-16/h5-10,14H,11-13H2,1-2H3,(H2,20,22,23). The van der Waals surface area contributed by atoms with Crippen molar-refractivity contribution < 1.29 is 14.3 Å². The van der Waals surface area contributed by atoms with E-state index in [-0.39, 0.29) is 19.2 Å². The smallest absolute Gasteiger partial charge is 0.315 e. The van der Waals surface area contributed by atoms with Crippen LogP contribution in [0.1, 0.15) is 11.3 Å². The number of hydrogen-bond donors (Lipinski definition) is 2. The molecule has 0 saturated heterocycles. The van der Waals surface area contributed by atoms with Gasteiger partial charge in [-0.25, -0.2) is 4.79 Å². The van der Waals surface area contributed by atoms with Crippen LogP contribution >= 0.6 is 0 Å². The quantitative estimate of drug-likeness (QED) is 0.792. The largest absolute Gasteiger partial charge is 0.497 e. The molecular weight excluding hydrogens is 318 g/mol. The van der Waals surface area contributed by atoms with Crippen molar-refractivity contribution in [3.8, 4) is 23.3 Å². The Hall–Kier alpha value is -3.20. The minimum atomic E-state index is -0.270. The first kappa shape index (κ1) is 18.1. The molecule has 0 bridgehead atoms. The van der Waals surface area contributed by atoms with Gasteiger partial charge in [0.25, 0.3) is 0 Å². The number of aryl methyl sites for hydroxylation is 1. The summed E-state index contributed by atoms with van der Waals surface area (Å²) in [5.74, 6) is 7.12. The number of ether oxygens (including phenoxy) is 2. The van der Waals surface area contributed by atoms with E-state index in [2.05, 4.69) is 27.5 Å². The summed E-state index contributed by atoms with van der Waals surface area (Å²) in [7, 11) is 1.62. The van der Waals surface area contributed by atoms with Gasteiger partial charge in [-0.3, -0.25) is 4.98 Å². The third-order valence-corrected chi connectivity index (χ3v) is 3.27. The van der Waals surface area contributed by atoms with Crippen molar-refractivity contribution in [3.05, 3.63) is 53.9 Å². The lowest BCUT2D eigenvalue weighted by atomic mass is 10.2. The molecule has 1 aromatic heterocycles. The van der Waals surface area contributed by atoms with Crippen molar-refractivity contribution in [2.75, 3.05) is 20.3 Å². The van der Waals surface area contributed by atoms with Crippen LogP contribution in [0.15, 0.2) is 42.6 Å². The maximum atomic E-state index is 11.7. The summed E-state index contributed by atoms with van der Waals surface area (Å²) in [5.41, 5.74) is 1.92. The van der Waals surface area contributed by atoms with Crippen molar-refractivity contribution in [2.24, 2.45) is 0 Å². The predicted octanol–water partition coefficient (Wildman–Crippen LogP) is 2.28. The zero-order chi connectivity index (χ0) is 17.9. The normalized spacial score (nSPS) is 9.52. The van der Waals surface area contributed by atoms with Gasteiger partial charge >= 0.3 is 6.03 Å². The van der Waals surface area contributed by atoms with Gasteiger partial charge in [0, 0.05) is 12.2 Å². The Balaban J connectivity index is 1.61. The Bertz CT molecular complexity index is 731. The molecule has 25 heavy (non-hydrogen) atoms. The van der Waals surface area contributed by atoms with Crippen LogP contribution in [-0.2, 0) is 6.54 Å². The van der Waals surface area contributed by atoms with Crippen LogP contribution in [0, 0.1) is 18.8 Å². The Labute approximate surface area is 147 Å². The number of carbonyl (C=O) groups is 1. The maximum Gasteiger partial charge on any atom is 0.315 e. The summed E-state index contributed by atoms with van der Waals surface area (Å²) in [6, 6.07) is 10.9. The first-order chi connectivity index (χ1) is 12.2. The van der Waals surface area contributed by atoms with E-state index >= 15 is 0 Å². The van der Waals surface area contributed by atoms with E-state index < -0.39 is 0 Å². The van der Waals surface area contributed by atoms with E-state index in [1.54, 1.807) is 13.3 Å². The number of rotatable bonds is 6. The topological polar surface area (TPSA) is 72.5 Å². The Morgan fingerprint density at radius 2 is 1.84 bits per heavy atom. The van der Waals surface area contributed by atoms with Crippen molar-refractivity contribution in [3.63, 3.8) is 0 Å². The van der Waals surface area contributed by atoms with Gasteiger partial charge in [-0.1, -0.05) is 24.0 Å². The maximum absolute atomic E-state index is 11.7. The molecule has 6 nitrogen and oxygen atoms in total. The van der Waals surface area contributed by atoms with Crippen LogP contribution in [0.5, 0.6) is 11.5 Å². The number of carbonyl (C=O) groups excluding carboxylic acids is 1. The van der Waals surface area contributed by atoms with E-state index in [9.17, 15) is 4.79 Å². The highest BCUT2D eigenvalue weighted by Gasteiger charge is 1.99. The van der Waals surface area contributed by atoms with Crippen LogP contribution in [0.25, 0.3) is 0 Å². The average Bonchev–Trinajstić information content (AvgIpc) is 2.64. The number of methoxy groups -OCH3 is 1. The van der Waals surface area contributed by atoms with E-state index in [0.717, 1.165) is 17.0 Å². The van der Waals surface area contributed by atoms with E-state index in [1.165, 1.54) is 0 Å². The average molecular weight is 339 g/mol. The van der Waals surface area contributed by atoms with E-state index in [4.69, 9.17) is 9.47 Å². The second-order valence-corrected chi connectivity index (χ2v) is 5.16. The molecule has 2 N–H and O–H groups in total. The number of amides is 2. The molecule has 6 heteroatoms. The van der Waals surface area contributed by atoms with E-state index in [0.29, 0.717) is 12.3 Å². The monoisotopic (exact) mass is 339 g/mol. The number of aromatic nitrogens is 1. The van der Waals surface area contributed by atoms with Crippen LogP contribution in [0.3, 0.4) is 0 Å². The first-order valence-electron chi connectivity index (χ1n) is 7.83. The predicted molar refractivity (Wildman–Crippen MR) is 95.5 cm³/mol. The molecule has 0 unspecified atom stereocenters. The van der Waals surface area contributed by atoms with Crippen molar-refractivity contribution in [2.45, 2.75) is 13.5 Å². The molecule has 0 aliphatic carbocycles. The lowest BCUT2D eigenvalue weighted by Crippen LogP contribution is -2.35. The van der Waals surface area contributed by atoms with Gasteiger partial charge < -0.3 is 20.1 Å². The molecule has 0 aliphatic heterocycles. The summed E-state index contributed by atoms with van der Waals surface area (Å²) in [5, 5.41) is 5.43. The number of hydrogen-bond acceptors (Lipinski definition) is 4. The van der Waals surface area contributed by atoms with Gasteiger partial charge in [-0.2, -0.15) is 0 Å².